The standard InChI is InChI=1S/C13H22N2O4/c14-10(13(18)19)6-7-11(16)15-12(17)8-9-4-2-1-3-5-9/h9-10H,1-8,14H2,(H,18,19)(H,15,16,17). The third-order valence-corrected chi connectivity index (χ3v) is 3.48. The molecule has 108 valence electrons. The molecule has 4 N–H and O–H groups in total. The number of nitrogens with two attached hydrogens (primary N) is 1. The molecular formula is C13H22N2O4. The van der Waals surface area contributed by atoms with Gasteiger partial charge < -0.3 is 10.8 Å². The van der Waals surface area contributed by atoms with E-state index in [9.17, 15) is 14.4 Å². The molecule has 1 aliphatic rings. The van der Waals surface area contributed by atoms with Crippen LogP contribution in [0, 0.1) is 5.92 Å². The zero-order chi connectivity index (χ0) is 14.3. The van der Waals surface area contributed by atoms with Crippen LogP contribution in [0.3, 0.4) is 0 Å². The molecule has 1 atom stereocenters. The molecule has 0 spiro atoms. The van der Waals surface area contributed by atoms with Gasteiger partial charge in [0.25, 0.3) is 0 Å². The SMILES string of the molecule is NC(CCC(=O)NC(=O)CC1CCCCC1)C(=O)O. The molecule has 6 nitrogen and oxygen atoms in total. The van der Waals surface area contributed by atoms with E-state index < -0.39 is 17.9 Å². The maximum absolute atomic E-state index is 11.6. The first kappa shape index (κ1) is 15.6. The Hall–Kier alpha value is -1.43. The molecule has 0 radical (unpaired) electrons. The highest BCUT2D eigenvalue weighted by Gasteiger charge is 2.19. The summed E-state index contributed by atoms with van der Waals surface area (Å²) in [4.78, 5) is 33.5. The van der Waals surface area contributed by atoms with Gasteiger partial charge in [0.2, 0.25) is 11.8 Å². The maximum atomic E-state index is 11.6. The normalized spacial score (nSPS) is 17.7. The van der Waals surface area contributed by atoms with Crippen LogP contribution in [-0.2, 0) is 14.4 Å². The summed E-state index contributed by atoms with van der Waals surface area (Å²) < 4.78 is 0. The van der Waals surface area contributed by atoms with E-state index in [0.717, 1.165) is 25.7 Å². The summed E-state index contributed by atoms with van der Waals surface area (Å²) in [5.74, 6) is -1.47. The Kier molecular flexibility index (Phi) is 6.49. The number of nitrogens with one attached hydrogen (secondary N) is 1. The van der Waals surface area contributed by atoms with Crippen molar-refractivity contribution in [2.75, 3.05) is 0 Å². The van der Waals surface area contributed by atoms with E-state index in [2.05, 4.69) is 5.32 Å². The number of imide groups is 1. The number of amides is 2. The molecule has 1 fully saturated rings. The molecule has 1 unspecified atom stereocenters. The zero-order valence-corrected chi connectivity index (χ0v) is 11.1. The fraction of sp³-hybridized carbons (Fsp3) is 0.769. The number of carboxylic acids is 1. The number of carbonyl (C=O) groups is 3. The Bertz CT molecular complexity index is 338. The van der Waals surface area contributed by atoms with Crippen molar-refractivity contribution in [1.82, 2.24) is 5.32 Å². The summed E-state index contributed by atoms with van der Waals surface area (Å²) in [6.45, 7) is 0. The van der Waals surface area contributed by atoms with E-state index in [-0.39, 0.29) is 18.7 Å². The van der Waals surface area contributed by atoms with Crippen LogP contribution in [0.2, 0.25) is 0 Å². The van der Waals surface area contributed by atoms with Crippen LogP contribution in [0.5, 0.6) is 0 Å². The maximum Gasteiger partial charge on any atom is 0.320 e. The van der Waals surface area contributed by atoms with E-state index in [4.69, 9.17) is 10.8 Å². The van der Waals surface area contributed by atoms with Gasteiger partial charge in [-0.25, -0.2) is 0 Å². The predicted molar refractivity (Wildman–Crippen MR) is 69.2 cm³/mol. The molecule has 1 rings (SSSR count). The minimum atomic E-state index is -1.14. The molecule has 2 amide bonds. The number of rotatable bonds is 6. The molecule has 0 aromatic carbocycles. The van der Waals surface area contributed by atoms with E-state index >= 15 is 0 Å². The summed E-state index contributed by atoms with van der Waals surface area (Å²) in [6.07, 6.45) is 6.01. The van der Waals surface area contributed by atoms with Crippen molar-refractivity contribution < 1.29 is 19.5 Å². The van der Waals surface area contributed by atoms with Crippen molar-refractivity contribution in [3.63, 3.8) is 0 Å². The second-order valence-corrected chi connectivity index (χ2v) is 5.16. The van der Waals surface area contributed by atoms with E-state index in [1.54, 1.807) is 0 Å². The number of carboxylic acid groups (broad SMARTS) is 1. The van der Waals surface area contributed by atoms with Crippen LogP contribution in [0.25, 0.3) is 0 Å². The Morgan fingerprint density at radius 2 is 1.79 bits per heavy atom. The lowest BCUT2D eigenvalue weighted by Crippen LogP contribution is -2.35. The predicted octanol–water partition coefficient (Wildman–Crippen LogP) is 0.792. The quantitative estimate of drug-likeness (QED) is 0.661. The third-order valence-electron chi connectivity index (χ3n) is 3.48. The lowest BCUT2D eigenvalue weighted by atomic mass is 9.87. The second kappa shape index (κ2) is 7.89. The fourth-order valence-corrected chi connectivity index (χ4v) is 2.33. The first-order valence-corrected chi connectivity index (χ1v) is 6.80. The molecule has 0 bridgehead atoms. The highest BCUT2D eigenvalue weighted by Crippen LogP contribution is 2.25. The van der Waals surface area contributed by atoms with Gasteiger partial charge in [-0.15, -0.1) is 0 Å². The van der Waals surface area contributed by atoms with Gasteiger partial charge in [-0.2, -0.15) is 0 Å². The van der Waals surface area contributed by atoms with Crippen molar-refractivity contribution >= 4 is 17.8 Å². The van der Waals surface area contributed by atoms with Crippen LogP contribution in [-0.4, -0.2) is 28.9 Å². The van der Waals surface area contributed by atoms with Crippen molar-refractivity contribution in [2.45, 2.75) is 57.4 Å². The average molecular weight is 270 g/mol. The van der Waals surface area contributed by atoms with Gasteiger partial charge in [0.05, 0.1) is 0 Å². The lowest BCUT2D eigenvalue weighted by molar-refractivity contribution is -0.138. The van der Waals surface area contributed by atoms with Gasteiger partial charge in [0, 0.05) is 12.8 Å². The second-order valence-electron chi connectivity index (χ2n) is 5.16. The minimum Gasteiger partial charge on any atom is -0.480 e. The molecule has 0 aliphatic heterocycles. The Morgan fingerprint density at radius 1 is 1.16 bits per heavy atom. The van der Waals surface area contributed by atoms with Crippen LogP contribution in [0.15, 0.2) is 0 Å². The van der Waals surface area contributed by atoms with Crippen molar-refractivity contribution in [1.29, 1.82) is 0 Å². The van der Waals surface area contributed by atoms with Crippen molar-refractivity contribution in [3.8, 4) is 0 Å². The first-order chi connectivity index (χ1) is 8.99. The minimum absolute atomic E-state index is 0.0378. The molecule has 1 saturated carbocycles. The fourth-order valence-electron chi connectivity index (χ4n) is 2.33. The topological polar surface area (TPSA) is 109 Å². The van der Waals surface area contributed by atoms with Gasteiger partial charge in [-0.1, -0.05) is 19.3 Å². The number of hydrogen-bond acceptors (Lipinski definition) is 4. The van der Waals surface area contributed by atoms with E-state index in [1.165, 1.54) is 6.42 Å². The molecule has 0 aromatic heterocycles. The zero-order valence-electron chi connectivity index (χ0n) is 11.1. The summed E-state index contributed by atoms with van der Waals surface area (Å²) in [6, 6.07) is -1.06. The molecule has 0 aromatic rings. The van der Waals surface area contributed by atoms with E-state index in [1.807, 2.05) is 0 Å². The molecule has 0 heterocycles. The van der Waals surface area contributed by atoms with Crippen LogP contribution in [0.1, 0.15) is 51.4 Å². The highest BCUT2D eigenvalue weighted by molar-refractivity contribution is 5.95. The van der Waals surface area contributed by atoms with Gasteiger partial charge in [0.1, 0.15) is 6.04 Å². The average Bonchev–Trinajstić information content (AvgIpc) is 2.36. The van der Waals surface area contributed by atoms with Crippen LogP contribution in [0.4, 0.5) is 0 Å². The number of hydrogen-bond donors (Lipinski definition) is 3. The van der Waals surface area contributed by atoms with Crippen LogP contribution < -0.4 is 11.1 Å². The third kappa shape index (κ3) is 6.33. The molecule has 6 heteroatoms. The summed E-state index contributed by atoms with van der Waals surface area (Å²) >= 11 is 0. The lowest BCUT2D eigenvalue weighted by Gasteiger charge is -2.20. The van der Waals surface area contributed by atoms with Gasteiger partial charge in [-0.05, 0) is 25.2 Å². The summed E-state index contributed by atoms with van der Waals surface area (Å²) in [5.41, 5.74) is 5.28. The molecule has 19 heavy (non-hydrogen) atoms. The van der Waals surface area contributed by atoms with Gasteiger partial charge in [0.15, 0.2) is 0 Å². The number of aliphatic carboxylic acids is 1. The summed E-state index contributed by atoms with van der Waals surface area (Å²) in [5, 5.41) is 10.9. The van der Waals surface area contributed by atoms with E-state index in [0.29, 0.717) is 12.3 Å². The monoisotopic (exact) mass is 270 g/mol. The smallest absolute Gasteiger partial charge is 0.320 e. The Morgan fingerprint density at radius 3 is 2.37 bits per heavy atom. The van der Waals surface area contributed by atoms with Crippen molar-refractivity contribution in [3.05, 3.63) is 0 Å². The Balaban J connectivity index is 2.20. The van der Waals surface area contributed by atoms with Gasteiger partial charge in [-0.3, -0.25) is 19.7 Å². The molecule has 1 aliphatic carbocycles. The summed E-state index contributed by atoms with van der Waals surface area (Å²) in [7, 11) is 0. The molecular weight excluding hydrogens is 248 g/mol. The molecule has 0 saturated heterocycles. The van der Waals surface area contributed by atoms with Crippen molar-refractivity contribution in [2.24, 2.45) is 11.7 Å². The van der Waals surface area contributed by atoms with Gasteiger partial charge >= 0.3 is 5.97 Å². The Labute approximate surface area is 112 Å². The first-order valence-electron chi connectivity index (χ1n) is 6.80. The van der Waals surface area contributed by atoms with Crippen LogP contribution >= 0.6 is 0 Å². The number of carbonyl (C=O) groups excluding carboxylic acids is 2. The largest absolute Gasteiger partial charge is 0.480 e. The highest BCUT2D eigenvalue weighted by atomic mass is 16.4.